The zero-order valence-electron chi connectivity index (χ0n) is 14.2. The second kappa shape index (κ2) is 7.96. The number of rotatable bonds is 6. The highest BCUT2D eigenvalue weighted by atomic mass is 32.2. The van der Waals surface area contributed by atoms with E-state index < -0.39 is 33.2 Å². The Kier molecular flexibility index (Phi) is 5.93. The number of carbonyl (C=O) groups excluding carboxylic acids is 1. The predicted molar refractivity (Wildman–Crippen MR) is 93.6 cm³/mol. The average Bonchev–Trinajstić information content (AvgIpc) is 2.59. The lowest BCUT2D eigenvalue weighted by Crippen LogP contribution is -2.36. The van der Waals surface area contributed by atoms with E-state index in [4.69, 9.17) is 4.74 Å². The van der Waals surface area contributed by atoms with Gasteiger partial charge in [0.2, 0.25) is 0 Å². The van der Waals surface area contributed by atoms with E-state index in [1.54, 1.807) is 54.1 Å². The number of nitrogens with one attached hydrogen (secondary N) is 1. The van der Waals surface area contributed by atoms with Crippen LogP contribution in [0.3, 0.4) is 0 Å². The third-order valence-electron chi connectivity index (χ3n) is 3.68. The number of aryl methyl sites for hydroxylation is 1. The fraction of sp³-hybridized carbons (Fsp3) is 0.235. The van der Waals surface area contributed by atoms with Gasteiger partial charge in [0.05, 0.1) is 4.90 Å². The van der Waals surface area contributed by atoms with Crippen LogP contribution in [-0.4, -0.2) is 25.5 Å². The van der Waals surface area contributed by atoms with Crippen molar-refractivity contribution < 1.29 is 22.9 Å². The van der Waals surface area contributed by atoms with Gasteiger partial charge in [0, 0.05) is 11.8 Å². The molecule has 0 heterocycles. The summed E-state index contributed by atoms with van der Waals surface area (Å²) in [5.41, 5.74) is 1.25. The monoisotopic (exact) mass is 378 g/mol. The SMILES string of the molecule is Cc1ccc(S(=O)(=O)NC(=O)O[C@@H](c2ccccc2)[C@H](C)[N+](=O)[O-])cc1. The molecule has 9 heteroatoms. The summed E-state index contributed by atoms with van der Waals surface area (Å²) >= 11 is 0. The highest BCUT2D eigenvalue weighted by Gasteiger charge is 2.33. The number of carbonyl (C=O) groups is 1. The molecule has 0 aromatic heterocycles. The number of hydrogen-bond acceptors (Lipinski definition) is 6. The van der Waals surface area contributed by atoms with Gasteiger partial charge in [0.1, 0.15) is 0 Å². The van der Waals surface area contributed by atoms with Crippen molar-refractivity contribution in [3.05, 3.63) is 75.8 Å². The summed E-state index contributed by atoms with van der Waals surface area (Å²) < 4.78 is 31.3. The molecular weight excluding hydrogens is 360 g/mol. The van der Waals surface area contributed by atoms with Gasteiger partial charge in [-0.15, -0.1) is 0 Å². The molecule has 26 heavy (non-hydrogen) atoms. The molecule has 0 radical (unpaired) electrons. The molecule has 0 aliphatic rings. The lowest BCUT2D eigenvalue weighted by atomic mass is 10.0. The second-order valence-electron chi connectivity index (χ2n) is 5.68. The third-order valence-corrected chi connectivity index (χ3v) is 5.01. The highest BCUT2D eigenvalue weighted by molar-refractivity contribution is 7.90. The maximum Gasteiger partial charge on any atom is 0.422 e. The normalized spacial score (nSPS) is 13.5. The Hall–Kier alpha value is -2.94. The quantitative estimate of drug-likeness (QED) is 0.610. The van der Waals surface area contributed by atoms with Crippen LogP contribution in [-0.2, 0) is 14.8 Å². The van der Waals surface area contributed by atoms with Crippen LogP contribution in [0.4, 0.5) is 4.79 Å². The Bertz CT molecular complexity index is 881. The molecule has 138 valence electrons. The summed E-state index contributed by atoms with van der Waals surface area (Å²) in [5.74, 6) is 0. The zero-order valence-corrected chi connectivity index (χ0v) is 15.0. The number of hydrogen-bond donors (Lipinski definition) is 1. The molecule has 2 atom stereocenters. The summed E-state index contributed by atoms with van der Waals surface area (Å²) in [4.78, 5) is 22.5. The number of benzene rings is 2. The first kappa shape index (κ1) is 19.4. The van der Waals surface area contributed by atoms with Gasteiger partial charge >= 0.3 is 6.09 Å². The topological polar surface area (TPSA) is 116 Å². The van der Waals surface area contributed by atoms with Crippen molar-refractivity contribution in [2.45, 2.75) is 30.9 Å². The molecule has 8 nitrogen and oxygen atoms in total. The number of amides is 1. The minimum atomic E-state index is -4.14. The molecule has 2 aromatic carbocycles. The van der Waals surface area contributed by atoms with Gasteiger partial charge < -0.3 is 4.74 Å². The molecular formula is C17H18N2O6S. The summed E-state index contributed by atoms with van der Waals surface area (Å²) in [6.07, 6.45) is -2.52. The number of sulfonamides is 1. The number of nitrogens with zero attached hydrogens (tertiary/aromatic N) is 1. The lowest BCUT2D eigenvalue weighted by Gasteiger charge is -2.19. The van der Waals surface area contributed by atoms with Crippen LogP contribution in [0.2, 0.25) is 0 Å². The van der Waals surface area contributed by atoms with Crippen LogP contribution in [0.15, 0.2) is 59.5 Å². The molecule has 0 spiro atoms. The van der Waals surface area contributed by atoms with Crippen LogP contribution in [0.25, 0.3) is 0 Å². The van der Waals surface area contributed by atoms with Gasteiger partial charge in [0.15, 0.2) is 6.10 Å². The maximum atomic E-state index is 12.2. The Morgan fingerprint density at radius 3 is 2.23 bits per heavy atom. The van der Waals surface area contributed by atoms with Gasteiger partial charge in [-0.25, -0.2) is 17.9 Å². The first-order chi connectivity index (χ1) is 12.2. The number of nitro groups is 1. The Morgan fingerprint density at radius 1 is 1.12 bits per heavy atom. The van der Waals surface area contributed by atoms with Gasteiger partial charge in [-0.3, -0.25) is 10.1 Å². The summed E-state index contributed by atoms with van der Waals surface area (Å²) in [5, 5.41) is 11.1. The summed E-state index contributed by atoms with van der Waals surface area (Å²) in [7, 11) is -4.14. The van der Waals surface area contributed by atoms with E-state index in [0.717, 1.165) is 5.56 Å². The molecule has 1 N–H and O–H groups in total. The minimum Gasteiger partial charge on any atom is -0.433 e. The van der Waals surface area contributed by atoms with Gasteiger partial charge in [-0.2, -0.15) is 0 Å². The maximum absolute atomic E-state index is 12.2. The smallest absolute Gasteiger partial charge is 0.422 e. The van der Waals surface area contributed by atoms with Crippen LogP contribution in [0.1, 0.15) is 24.2 Å². The van der Waals surface area contributed by atoms with Crippen LogP contribution < -0.4 is 4.72 Å². The average molecular weight is 378 g/mol. The fourth-order valence-electron chi connectivity index (χ4n) is 2.22. The van der Waals surface area contributed by atoms with E-state index >= 15 is 0 Å². The van der Waals surface area contributed by atoms with Crippen molar-refractivity contribution in [3.8, 4) is 0 Å². The molecule has 0 saturated carbocycles. The van der Waals surface area contributed by atoms with Crippen molar-refractivity contribution in [1.82, 2.24) is 4.72 Å². The lowest BCUT2D eigenvalue weighted by molar-refractivity contribution is -0.530. The summed E-state index contributed by atoms with van der Waals surface area (Å²) in [6, 6.07) is 12.7. The van der Waals surface area contributed by atoms with Crippen LogP contribution >= 0.6 is 0 Å². The van der Waals surface area contributed by atoms with Crippen LogP contribution in [0.5, 0.6) is 0 Å². The highest BCUT2D eigenvalue weighted by Crippen LogP contribution is 2.23. The second-order valence-corrected chi connectivity index (χ2v) is 7.36. The van der Waals surface area contributed by atoms with Crippen molar-refractivity contribution >= 4 is 16.1 Å². The third kappa shape index (κ3) is 4.79. The van der Waals surface area contributed by atoms with Gasteiger partial charge in [-0.1, -0.05) is 48.0 Å². The molecule has 0 fully saturated rings. The van der Waals surface area contributed by atoms with Crippen LogP contribution in [0, 0.1) is 17.0 Å². The Balaban J connectivity index is 2.19. The Labute approximate surface area is 151 Å². The summed E-state index contributed by atoms with van der Waals surface area (Å²) in [6.45, 7) is 3.07. The molecule has 0 bridgehead atoms. The van der Waals surface area contributed by atoms with Crippen molar-refractivity contribution in [1.29, 1.82) is 0 Å². The molecule has 0 unspecified atom stereocenters. The predicted octanol–water partition coefficient (Wildman–Crippen LogP) is 2.82. The first-order valence-corrected chi connectivity index (χ1v) is 9.17. The van der Waals surface area contributed by atoms with E-state index in [-0.39, 0.29) is 4.90 Å². The van der Waals surface area contributed by atoms with E-state index in [2.05, 4.69) is 0 Å². The molecule has 0 aliphatic heterocycles. The first-order valence-electron chi connectivity index (χ1n) is 7.69. The number of ether oxygens (including phenoxy) is 1. The molecule has 0 saturated heterocycles. The zero-order chi connectivity index (χ0) is 19.3. The largest absolute Gasteiger partial charge is 0.433 e. The van der Waals surface area contributed by atoms with Gasteiger partial charge in [-0.05, 0) is 24.6 Å². The van der Waals surface area contributed by atoms with E-state index in [1.807, 2.05) is 0 Å². The molecule has 1 amide bonds. The van der Waals surface area contributed by atoms with E-state index in [0.29, 0.717) is 5.56 Å². The molecule has 0 aliphatic carbocycles. The van der Waals surface area contributed by atoms with E-state index in [9.17, 15) is 23.3 Å². The fourth-order valence-corrected chi connectivity index (χ4v) is 3.10. The molecule has 2 rings (SSSR count). The standard InChI is InChI=1S/C17H18N2O6S/c1-12-8-10-15(11-9-12)26(23,24)18-17(20)25-16(13(2)19(21)22)14-6-4-3-5-7-14/h3-11,13,16H,1-2H3,(H,18,20)/t13-,16+/m0/s1. The Morgan fingerprint density at radius 2 is 1.69 bits per heavy atom. The van der Waals surface area contributed by atoms with E-state index in [1.165, 1.54) is 19.1 Å². The molecule has 2 aromatic rings. The van der Waals surface area contributed by atoms with Crippen molar-refractivity contribution in [2.24, 2.45) is 0 Å². The van der Waals surface area contributed by atoms with Crippen molar-refractivity contribution in [3.63, 3.8) is 0 Å². The minimum absolute atomic E-state index is 0.112. The van der Waals surface area contributed by atoms with Gasteiger partial charge in [0.25, 0.3) is 16.1 Å². The van der Waals surface area contributed by atoms with Crippen molar-refractivity contribution in [2.75, 3.05) is 0 Å².